The number of hydrogen-bond acceptors (Lipinski definition) is 3. The Bertz CT molecular complexity index is 2950. The van der Waals surface area contributed by atoms with Gasteiger partial charge in [0.05, 0.1) is 0 Å². The lowest BCUT2D eigenvalue weighted by Gasteiger charge is -2.26. The average Bonchev–Trinajstić information content (AvgIpc) is 3.63. The van der Waals surface area contributed by atoms with Gasteiger partial charge in [0.15, 0.2) is 0 Å². The fourth-order valence-electron chi connectivity index (χ4n) is 8.32. The van der Waals surface area contributed by atoms with Gasteiger partial charge < -0.3 is 10.2 Å². The summed E-state index contributed by atoms with van der Waals surface area (Å²) < 4.78 is 2.64. The number of nitrogens with one attached hydrogen (secondary N) is 1. The highest BCUT2D eigenvalue weighted by molar-refractivity contribution is 7.26. The summed E-state index contributed by atoms with van der Waals surface area (Å²) in [5, 5.41) is 8.92. The van der Waals surface area contributed by atoms with Crippen LogP contribution in [0.1, 0.15) is 0 Å². The van der Waals surface area contributed by atoms with E-state index in [9.17, 15) is 0 Å². The highest BCUT2D eigenvalue weighted by atomic mass is 32.1. The first-order chi connectivity index (χ1) is 27.2. The fraction of sp³-hybridized carbons (Fsp3) is 0. The summed E-state index contributed by atoms with van der Waals surface area (Å²) >= 11 is 1.89. The lowest BCUT2D eigenvalue weighted by atomic mass is 9.90. The van der Waals surface area contributed by atoms with Crippen LogP contribution in [-0.2, 0) is 0 Å². The quantitative estimate of drug-likeness (QED) is 0.184. The van der Waals surface area contributed by atoms with E-state index in [0.29, 0.717) is 0 Å². The van der Waals surface area contributed by atoms with Gasteiger partial charge in [0, 0.05) is 64.9 Å². The molecule has 0 amide bonds. The van der Waals surface area contributed by atoms with Crippen molar-refractivity contribution in [3.63, 3.8) is 0 Å². The molecule has 1 aromatic heterocycles. The first-order valence-corrected chi connectivity index (χ1v) is 19.6. The Balaban J connectivity index is 1.03. The molecule has 0 saturated carbocycles. The number of para-hydroxylation sites is 1. The third-order valence-electron chi connectivity index (χ3n) is 11.0. The maximum absolute atomic E-state index is 3.69. The summed E-state index contributed by atoms with van der Waals surface area (Å²) in [5.41, 5.74) is 15.4. The number of rotatable bonds is 6. The lowest BCUT2D eigenvalue weighted by Crippen LogP contribution is -2.10. The van der Waals surface area contributed by atoms with Crippen molar-refractivity contribution in [2.24, 2.45) is 0 Å². The average molecular weight is 719 g/mol. The summed E-state index contributed by atoms with van der Waals surface area (Å²) in [4.78, 5) is 2.37. The third-order valence-corrected chi connectivity index (χ3v) is 12.2. The molecule has 0 bridgehead atoms. The first kappa shape index (κ1) is 31.6. The summed E-state index contributed by atoms with van der Waals surface area (Å²) in [6, 6.07) is 72.7. The minimum absolute atomic E-state index is 1.11. The Kier molecular flexibility index (Phi) is 7.39. The van der Waals surface area contributed by atoms with Gasteiger partial charge in [-0.1, -0.05) is 133 Å². The minimum atomic E-state index is 1.11. The predicted molar refractivity (Wildman–Crippen MR) is 237 cm³/mol. The zero-order valence-electron chi connectivity index (χ0n) is 29.9. The molecule has 1 N–H and O–H groups in total. The van der Waals surface area contributed by atoms with Gasteiger partial charge >= 0.3 is 0 Å². The van der Waals surface area contributed by atoms with Crippen LogP contribution in [-0.4, -0.2) is 0 Å². The molecule has 2 nitrogen and oxygen atoms in total. The van der Waals surface area contributed by atoms with Crippen molar-refractivity contribution < 1.29 is 0 Å². The highest BCUT2D eigenvalue weighted by Crippen LogP contribution is 2.50. The largest absolute Gasteiger partial charge is 0.354 e. The van der Waals surface area contributed by atoms with Crippen molar-refractivity contribution in [3.8, 4) is 44.5 Å². The minimum Gasteiger partial charge on any atom is -0.354 e. The molecule has 0 aliphatic carbocycles. The topological polar surface area (TPSA) is 15.3 Å². The SMILES string of the molecule is c1ccc(-c2ccc(N(c3ccc(-c4ccccc4)cc3)c3cccc(-c4ccc5sc6c7cccc8c7c(cc6c5c4)-c4ccccc4N8)c3)cc2)cc1. The van der Waals surface area contributed by atoms with Crippen LogP contribution in [0.5, 0.6) is 0 Å². The van der Waals surface area contributed by atoms with E-state index in [1.807, 2.05) is 11.3 Å². The zero-order valence-corrected chi connectivity index (χ0v) is 30.7. The van der Waals surface area contributed by atoms with Crippen LogP contribution in [0.15, 0.2) is 200 Å². The Morgan fingerprint density at radius 1 is 0.345 bits per heavy atom. The lowest BCUT2D eigenvalue weighted by molar-refractivity contribution is 1.28. The van der Waals surface area contributed by atoms with Crippen LogP contribution in [0.25, 0.3) is 75.5 Å². The highest BCUT2D eigenvalue weighted by Gasteiger charge is 2.22. The van der Waals surface area contributed by atoms with Crippen LogP contribution >= 0.6 is 11.3 Å². The van der Waals surface area contributed by atoms with Crippen LogP contribution < -0.4 is 10.2 Å². The molecular formula is C52H34N2S. The van der Waals surface area contributed by atoms with Gasteiger partial charge in [-0.15, -0.1) is 11.3 Å². The van der Waals surface area contributed by atoms with Crippen LogP contribution in [0, 0.1) is 0 Å². The number of benzene rings is 9. The Labute approximate surface area is 324 Å². The second-order valence-electron chi connectivity index (χ2n) is 14.2. The van der Waals surface area contributed by atoms with Crippen molar-refractivity contribution in [2.45, 2.75) is 0 Å². The maximum atomic E-state index is 3.69. The normalized spacial score (nSPS) is 11.8. The molecule has 258 valence electrons. The van der Waals surface area contributed by atoms with E-state index in [2.05, 4.69) is 210 Å². The van der Waals surface area contributed by atoms with E-state index in [0.717, 1.165) is 22.7 Å². The summed E-state index contributed by atoms with van der Waals surface area (Å²) in [7, 11) is 0. The van der Waals surface area contributed by atoms with Gasteiger partial charge in [-0.3, -0.25) is 0 Å². The van der Waals surface area contributed by atoms with Crippen LogP contribution in [0.4, 0.5) is 28.4 Å². The molecule has 11 rings (SSSR count). The molecule has 0 atom stereocenters. The first-order valence-electron chi connectivity index (χ1n) is 18.8. The standard InChI is InChI=1S/C52H34N2S/c1-3-11-34(12-4-1)36-21-26-40(27-22-36)54(41-28-23-37(24-29-41)35-13-5-2-6-14-35)42-16-9-15-38(31-42)39-25-30-50-45(32-39)47-33-46-43-17-7-8-19-48(43)53-49-20-10-18-44(51(46)49)52(47)55-50/h1-33,53H. The third kappa shape index (κ3) is 5.40. The van der Waals surface area contributed by atoms with Crippen molar-refractivity contribution >= 4 is 70.7 Å². The Morgan fingerprint density at radius 3 is 1.62 bits per heavy atom. The predicted octanol–water partition coefficient (Wildman–Crippen LogP) is 15.4. The molecule has 1 aliphatic heterocycles. The van der Waals surface area contributed by atoms with E-state index >= 15 is 0 Å². The van der Waals surface area contributed by atoms with Crippen LogP contribution in [0.2, 0.25) is 0 Å². The number of thiophene rings is 1. The van der Waals surface area contributed by atoms with Gasteiger partial charge in [0.25, 0.3) is 0 Å². The second kappa shape index (κ2) is 12.9. The van der Waals surface area contributed by atoms with E-state index in [-0.39, 0.29) is 0 Å². The van der Waals surface area contributed by atoms with E-state index in [1.54, 1.807) is 0 Å². The van der Waals surface area contributed by atoms with Gasteiger partial charge in [0.1, 0.15) is 0 Å². The molecule has 0 radical (unpaired) electrons. The number of hydrogen-bond donors (Lipinski definition) is 1. The molecule has 0 unspecified atom stereocenters. The smallest absolute Gasteiger partial charge is 0.0470 e. The summed E-state index contributed by atoms with van der Waals surface area (Å²) in [5.74, 6) is 0. The van der Waals surface area contributed by atoms with Gasteiger partial charge in [-0.2, -0.15) is 0 Å². The van der Waals surface area contributed by atoms with Crippen molar-refractivity contribution in [1.82, 2.24) is 0 Å². The Morgan fingerprint density at radius 2 is 0.909 bits per heavy atom. The van der Waals surface area contributed by atoms with E-state index in [4.69, 9.17) is 0 Å². The maximum Gasteiger partial charge on any atom is 0.0470 e. The van der Waals surface area contributed by atoms with Crippen molar-refractivity contribution in [1.29, 1.82) is 0 Å². The van der Waals surface area contributed by atoms with E-state index in [1.165, 1.54) is 81.1 Å². The zero-order chi connectivity index (χ0) is 36.3. The number of fused-ring (bicyclic) bond motifs is 6. The summed E-state index contributed by atoms with van der Waals surface area (Å²) in [6.45, 7) is 0. The van der Waals surface area contributed by atoms with Crippen molar-refractivity contribution in [3.05, 3.63) is 200 Å². The molecule has 0 fully saturated rings. The van der Waals surface area contributed by atoms with Crippen LogP contribution in [0.3, 0.4) is 0 Å². The molecule has 0 saturated heterocycles. The molecule has 9 aromatic carbocycles. The second-order valence-corrected chi connectivity index (χ2v) is 15.3. The van der Waals surface area contributed by atoms with Gasteiger partial charge in [-0.05, 0) is 106 Å². The molecular weight excluding hydrogens is 685 g/mol. The number of nitrogens with zero attached hydrogens (tertiary/aromatic N) is 1. The molecule has 55 heavy (non-hydrogen) atoms. The monoisotopic (exact) mass is 718 g/mol. The molecule has 2 heterocycles. The van der Waals surface area contributed by atoms with Gasteiger partial charge in [-0.25, -0.2) is 0 Å². The number of anilines is 5. The van der Waals surface area contributed by atoms with Gasteiger partial charge in [0.2, 0.25) is 0 Å². The molecule has 3 heteroatoms. The van der Waals surface area contributed by atoms with Crippen molar-refractivity contribution in [2.75, 3.05) is 10.2 Å². The molecule has 10 aromatic rings. The van der Waals surface area contributed by atoms with E-state index < -0.39 is 0 Å². The fourth-order valence-corrected chi connectivity index (χ4v) is 9.51. The molecule has 1 aliphatic rings. The summed E-state index contributed by atoms with van der Waals surface area (Å²) in [6.07, 6.45) is 0. The molecule has 0 spiro atoms. The Hall–Kier alpha value is -6.94.